The number of rotatable bonds is 7. The Hall–Kier alpha value is -3.89. The van der Waals surface area contributed by atoms with Crippen LogP contribution in [-0.2, 0) is 6.54 Å². The number of aryl methyl sites for hydroxylation is 1. The highest BCUT2D eigenvalue weighted by Crippen LogP contribution is 2.20. The molecule has 0 radical (unpaired) electrons. The van der Waals surface area contributed by atoms with Gasteiger partial charge in [0.1, 0.15) is 35.2 Å². The van der Waals surface area contributed by atoms with Crippen molar-refractivity contribution in [3.63, 3.8) is 0 Å². The van der Waals surface area contributed by atoms with Crippen molar-refractivity contribution in [3.05, 3.63) is 39.6 Å². The van der Waals surface area contributed by atoms with Crippen LogP contribution in [0.5, 0.6) is 0 Å². The molecular weight excluding hydrogens is 384 g/mol. The van der Waals surface area contributed by atoms with Crippen LogP contribution in [0.4, 0.5) is 17.3 Å². The molecule has 2 aromatic rings. The summed E-state index contributed by atoms with van der Waals surface area (Å²) in [7, 11) is 5.40. The van der Waals surface area contributed by atoms with E-state index < -0.39 is 0 Å². The first-order valence-electron chi connectivity index (χ1n) is 9.02. The molecule has 10 nitrogen and oxygen atoms in total. The molecule has 0 spiro atoms. The molecule has 0 fully saturated rings. The molecule has 2 rings (SSSR count). The van der Waals surface area contributed by atoms with Crippen LogP contribution >= 0.6 is 0 Å². The number of amides is 1. The number of nitrogen functional groups attached to an aromatic ring is 1. The Kier molecular flexibility index (Phi) is 9.01. The van der Waals surface area contributed by atoms with E-state index in [1.165, 1.54) is 17.9 Å². The zero-order valence-electron chi connectivity index (χ0n) is 17.6. The number of hydrogen-bond acceptors (Lipinski definition) is 8. The molecule has 0 saturated heterocycles. The van der Waals surface area contributed by atoms with E-state index in [9.17, 15) is 14.9 Å². The molecule has 30 heavy (non-hydrogen) atoms. The Bertz CT molecular complexity index is 1020. The van der Waals surface area contributed by atoms with Gasteiger partial charge in [0.05, 0.1) is 0 Å². The second-order valence-corrected chi connectivity index (χ2v) is 6.50. The summed E-state index contributed by atoms with van der Waals surface area (Å²) in [5, 5.41) is 14.7. The van der Waals surface area contributed by atoms with E-state index in [-0.39, 0.29) is 34.4 Å². The Morgan fingerprint density at radius 3 is 2.60 bits per heavy atom. The topological polar surface area (TPSA) is 142 Å². The Morgan fingerprint density at radius 1 is 1.37 bits per heavy atom. The van der Waals surface area contributed by atoms with Gasteiger partial charge in [-0.05, 0) is 45.6 Å². The number of terminal acetylenes is 1. The maximum Gasteiger partial charge on any atom is 0.274 e. The number of carbonyl (C=O) groups is 1. The molecule has 4 N–H and O–H groups in total. The van der Waals surface area contributed by atoms with Gasteiger partial charge in [0, 0.05) is 13.6 Å². The van der Waals surface area contributed by atoms with Crippen LogP contribution in [0.25, 0.3) is 0 Å². The van der Waals surface area contributed by atoms with Crippen molar-refractivity contribution < 1.29 is 4.79 Å². The first-order chi connectivity index (χ1) is 14.3. The van der Waals surface area contributed by atoms with E-state index in [1.54, 1.807) is 13.0 Å². The minimum Gasteiger partial charge on any atom is -0.382 e. The van der Waals surface area contributed by atoms with Gasteiger partial charge in [0.25, 0.3) is 11.5 Å². The molecule has 0 atom stereocenters. The number of anilines is 3. The number of nitrogens with one attached hydrogen (secondary N) is 2. The smallest absolute Gasteiger partial charge is 0.274 e. The zero-order chi connectivity index (χ0) is 22.8. The second kappa shape index (κ2) is 11.2. The maximum absolute atomic E-state index is 13.1. The highest BCUT2D eigenvalue weighted by atomic mass is 16.2. The maximum atomic E-state index is 13.1. The van der Waals surface area contributed by atoms with Gasteiger partial charge in [-0.2, -0.15) is 5.26 Å². The number of nitrogens with two attached hydrogens (primary N) is 1. The zero-order valence-corrected chi connectivity index (χ0v) is 17.6. The number of hydrogen-bond donors (Lipinski definition) is 3. The molecule has 2 aromatic heterocycles. The lowest BCUT2D eigenvalue weighted by Crippen LogP contribution is -2.33. The monoisotopic (exact) mass is 410 g/mol. The Morgan fingerprint density at radius 2 is 2.03 bits per heavy atom. The van der Waals surface area contributed by atoms with Gasteiger partial charge in [0.15, 0.2) is 5.82 Å². The minimum absolute atomic E-state index is 0.0185. The summed E-state index contributed by atoms with van der Waals surface area (Å²) in [6.07, 6.45) is 9.89. The molecule has 10 heteroatoms. The molecule has 0 aromatic carbocycles. The van der Waals surface area contributed by atoms with Crippen LogP contribution in [0.15, 0.2) is 17.2 Å². The fourth-order valence-corrected chi connectivity index (χ4v) is 2.81. The van der Waals surface area contributed by atoms with Gasteiger partial charge in [-0.3, -0.25) is 9.59 Å². The van der Waals surface area contributed by atoms with Gasteiger partial charge < -0.3 is 25.8 Å². The molecule has 0 aliphatic rings. The van der Waals surface area contributed by atoms with Crippen molar-refractivity contribution in [2.24, 2.45) is 0 Å². The summed E-state index contributed by atoms with van der Waals surface area (Å²) in [4.78, 5) is 35.2. The molecule has 0 unspecified atom stereocenters. The van der Waals surface area contributed by atoms with Crippen molar-refractivity contribution in [1.29, 1.82) is 5.26 Å². The quantitative estimate of drug-likeness (QED) is 0.566. The van der Waals surface area contributed by atoms with Crippen molar-refractivity contribution in [2.45, 2.75) is 19.9 Å². The fourth-order valence-electron chi connectivity index (χ4n) is 2.81. The summed E-state index contributed by atoms with van der Waals surface area (Å²) >= 11 is 0. The third kappa shape index (κ3) is 5.56. The average Bonchev–Trinajstić information content (AvgIpc) is 2.72. The summed E-state index contributed by atoms with van der Waals surface area (Å²) in [6, 6.07) is 3.49. The van der Waals surface area contributed by atoms with Crippen LogP contribution in [0.1, 0.15) is 28.0 Å². The van der Waals surface area contributed by atoms with Crippen molar-refractivity contribution in [2.75, 3.05) is 38.7 Å². The van der Waals surface area contributed by atoms with E-state index in [4.69, 9.17) is 5.73 Å². The first kappa shape index (κ1) is 24.1. The summed E-state index contributed by atoms with van der Waals surface area (Å²) in [5.74, 6) is -0.181. The third-order valence-electron chi connectivity index (χ3n) is 4.15. The number of pyridine rings is 1. The van der Waals surface area contributed by atoms with E-state index in [1.807, 2.05) is 25.1 Å². The molecule has 0 aliphatic heterocycles. The average molecular weight is 410 g/mol. The lowest BCUT2D eigenvalue weighted by molar-refractivity contribution is 0.0951. The molecule has 1 amide bonds. The van der Waals surface area contributed by atoms with Crippen LogP contribution in [0.2, 0.25) is 0 Å². The summed E-state index contributed by atoms with van der Waals surface area (Å²) in [6.45, 7) is 2.88. The normalized spacial score (nSPS) is 9.93. The van der Waals surface area contributed by atoms with Crippen molar-refractivity contribution in [3.8, 4) is 18.9 Å². The van der Waals surface area contributed by atoms with E-state index in [0.717, 1.165) is 6.54 Å². The largest absolute Gasteiger partial charge is 0.382 e. The molecule has 2 heterocycles. The Labute approximate surface area is 175 Å². The van der Waals surface area contributed by atoms with Crippen LogP contribution in [0.3, 0.4) is 0 Å². The van der Waals surface area contributed by atoms with E-state index in [0.29, 0.717) is 24.2 Å². The van der Waals surface area contributed by atoms with E-state index in [2.05, 4.69) is 33.4 Å². The van der Waals surface area contributed by atoms with E-state index >= 15 is 0 Å². The standard InChI is InChI=1S/C18H24N8O2.C2H2/c1-11-8-13(24-16-12(9-19)15(20)22-10-23-16)18(28)26(7-5-6-25(3)4)14(11)17(27)21-2;1-2/h8,10H,5-7H2,1-4H3,(H,21,27)(H3,20,22,23,24);1-2H. The van der Waals surface area contributed by atoms with Gasteiger partial charge in [-0.1, -0.05) is 0 Å². The number of carbonyl (C=O) groups excluding carboxylic acids is 1. The highest BCUT2D eigenvalue weighted by molar-refractivity contribution is 5.94. The molecule has 0 bridgehead atoms. The third-order valence-corrected chi connectivity index (χ3v) is 4.15. The Balaban J connectivity index is 0.00000218. The van der Waals surface area contributed by atoms with Crippen LogP contribution in [-0.4, -0.2) is 53.0 Å². The van der Waals surface area contributed by atoms with Gasteiger partial charge >= 0.3 is 0 Å². The lowest BCUT2D eigenvalue weighted by Gasteiger charge is -2.18. The number of nitriles is 1. The van der Waals surface area contributed by atoms with Gasteiger partial charge in [0.2, 0.25) is 0 Å². The minimum atomic E-state index is -0.385. The fraction of sp³-hybridized carbons (Fsp3) is 0.350. The molecule has 158 valence electrons. The van der Waals surface area contributed by atoms with Crippen molar-refractivity contribution >= 4 is 23.2 Å². The molecule has 0 aliphatic carbocycles. The SMILES string of the molecule is C#C.CNC(=O)c1c(C)cc(Nc2ncnc(N)c2C#N)c(=O)n1CCCN(C)C. The van der Waals surface area contributed by atoms with Crippen LogP contribution < -0.4 is 21.9 Å². The lowest BCUT2D eigenvalue weighted by atomic mass is 10.1. The van der Waals surface area contributed by atoms with Gasteiger partial charge in [-0.25, -0.2) is 9.97 Å². The molecule has 0 saturated carbocycles. The number of aromatic nitrogens is 3. The van der Waals surface area contributed by atoms with Crippen molar-refractivity contribution in [1.82, 2.24) is 24.8 Å². The highest BCUT2D eigenvalue weighted by Gasteiger charge is 2.19. The second-order valence-electron chi connectivity index (χ2n) is 6.50. The predicted molar refractivity (Wildman–Crippen MR) is 116 cm³/mol. The molecular formula is C20H26N8O2. The number of nitrogens with zero attached hydrogens (tertiary/aromatic N) is 5. The van der Waals surface area contributed by atoms with Crippen LogP contribution in [0, 0.1) is 31.1 Å². The summed E-state index contributed by atoms with van der Waals surface area (Å²) in [5.41, 5.74) is 6.49. The predicted octanol–water partition coefficient (Wildman–Crippen LogP) is 0.705. The first-order valence-corrected chi connectivity index (χ1v) is 9.02. The summed E-state index contributed by atoms with van der Waals surface area (Å²) < 4.78 is 1.44. The van der Waals surface area contributed by atoms with Gasteiger partial charge in [-0.15, -0.1) is 12.8 Å².